The minimum absolute atomic E-state index is 0.0621. The van der Waals surface area contributed by atoms with Crippen molar-refractivity contribution in [1.82, 2.24) is 10.2 Å². The highest BCUT2D eigenvalue weighted by atomic mass is 32.1. The first-order valence-corrected chi connectivity index (χ1v) is 6.73. The monoisotopic (exact) mass is 290 g/mol. The average molecular weight is 290 g/mol. The van der Waals surface area contributed by atoms with E-state index in [4.69, 9.17) is 4.84 Å². The van der Waals surface area contributed by atoms with Gasteiger partial charge < -0.3 is 4.84 Å². The topological polar surface area (TPSA) is 93.9 Å². The number of Topliss-reactive ketones (excluding diaryl/α,β-unsaturated/α-hetero) is 2. The number of fused-ring (bicyclic) bond motifs is 1. The van der Waals surface area contributed by atoms with Crippen LogP contribution in [0.15, 0.2) is 16.5 Å². The summed E-state index contributed by atoms with van der Waals surface area (Å²) in [5.41, 5.74) is 1.44. The maximum atomic E-state index is 12.0. The summed E-state index contributed by atoms with van der Waals surface area (Å²) in [5.74, 6) is -0.202. The van der Waals surface area contributed by atoms with Gasteiger partial charge in [0.25, 0.3) is 0 Å². The first-order valence-electron chi connectivity index (χ1n) is 5.92. The summed E-state index contributed by atoms with van der Waals surface area (Å²) in [6, 6.07) is 1.23. The van der Waals surface area contributed by atoms with Crippen molar-refractivity contribution in [1.29, 1.82) is 0 Å². The van der Waals surface area contributed by atoms with Gasteiger partial charge >= 0.3 is 0 Å². The third-order valence-electron chi connectivity index (χ3n) is 2.95. The molecule has 0 bridgehead atoms. The van der Waals surface area contributed by atoms with Crippen LogP contribution in [0.25, 0.3) is 10.2 Å². The average Bonchev–Trinajstić information content (AvgIpc) is 3.05. The first-order chi connectivity index (χ1) is 9.58. The summed E-state index contributed by atoms with van der Waals surface area (Å²) in [5, 5.41) is 15.5. The zero-order chi connectivity index (χ0) is 14.3. The van der Waals surface area contributed by atoms with E-state index in [1.807, 2.05) is 0 Å². The number of aromatic nitrogens is 2. The van der Waals surface area contributed by atoms with E-state index < -0.39 is 6.04 Å². The molecule has 0 saturated heterocycles. The van der Waals surface area contributed by atoms with E-state index in [9.17, 15) is 9.59 Å². The van der Waals surface area contributed by atoms with Crippen molar-refractivity contribution in [3.63, 3.8) is 0 Å². The van der Waals surface area contributed by atoms with Crippen LogP contribution in [-0.4, -0.2) is 28.4 Å². The highest BCUT2D eigenvalue weighted by Crippen LogP contribution is 2.33. The number of carbonyl (C=O) groups excluding carboxylic acids is 2. The van der Waals surface area contributed by atoms with E-state index in [1.165, 1.54) is 25.2 Å². The van der Waals surface area contributed by atoms with Crippen LogP contribution in [0.2, 0.25) is 0 Å². The predicted octanol–water partition coefficient (Wildman–Crippen LogP) is 2.54. The highest BCUT2D eigenvalue weighted by molar-refractivity contribution is 7.21. The van der Waals surface area contributed by atoms with Gasteiger partial charge in [0.1, 0.15) is 17.8 Å². The lowest BCUT2D eigenvalue weighted by Crippen LogP contribution is -2.09. The van der Waals surface area contributed by atoms with Gasteiger partial charge in [-0.05, 0) is 19.9 Å². The normalized spacial score (nSPS) is 17.4. The third kappa shape index (κ3) is 1.97. The smallest absolute Gasteiger partial charge is 0.169 e. The predicted molar refractivity (Wildman–Crippen MR) is 71.0 cm³/mol. The molecule has 1 atom stereocenters. The van der Waals surface area contributed by atoms with E-state index in [0.717, 1.165) is 0 Å². The number of ketones is 2. The SMILES string of the molecule is CC(=O)c1cc2nnc(C3CON=N3)c(C(C)=O)c2s1. The summed E-state index contributed by atoms with van der Waals surface area (Å²) in [6.45, 7) is 3.18. The largest absolute Gasteiger partial charge is 0.377 e. The molecule has 2 aromatic rings. The van der Waals surface area contributed by atoms with Crippen LogP contribution in [0, 0.1) is 0 Å². The van der Waals surface area contributed by atoms with Gasteiger partial charge in [-0.15, -0.1) is 21.5 Å². The van der Waals surface area contributed by atoms with Crippen LogP contribution in [0.3, 0.4) is 0 Å². The van der Waals surface area contributed by atoms with Gasteiger partial charge in [-0.3, -0.25) is 9.59 Å². The summed E-state index contributed by atoms with van der Waals surface area (Å²) in [6.07, 6.45) is 0. The van der Waals surface area contributed by atoms with E-state index in [1.54, 1.807) is 6.07 Å². The number of hydrogen-bond donors (Lipinski definition) is 0. The van der Waals surface area contributed by atoms with E-state index >= 15 is 0 Å². The van der Waals surface area contributed by atoms with Crippen molar-refractivity contribution >= 4 is 33.1 Å². The second-order valence-electron chi connectivity index (χ2n) is 4.41. The number of hydrogen-bond acceptors (Lipinski definition) is 8. The fourth-order valence-electron chi connectivity index (χ4n) is 2.02. The van der Waals surface area contributed by atoms with Crippen LogP contribution in [0.5, 0.6) is 0 Å². The maximum Gasteiger partial charge on any atom is 0.169 e. The fourth-order valence-corrected chi connectivity index (χ4v) is 3.11. The van der Waals surface area contributed by atoms with Crippen LogP contribution < -0.4 is 0 Å². The maximum absolute atomic E-state index is 12.0. The van der Waals surface area contributed by atoms with Crippen LogP contribution in [0.1, 0.15) is 45.6 Å². The van der Waals surface area contributed by atoms with Gasteiger partial charge in [-0.1, -0.05) is 0 Å². The molecular formula is C12H10N4O3S. The fraction of sp³-hybridized carbons (Fsp3) is 0.333. The third-order valence-corrected chi connectivity index (χ3v) is 4.20. The van der Waals surface area contributed by atoms with E-state index in [2.05, 4.69) is 20.6 Å². The van der Waals surface area contributed by atoms with E-state index in [-0.39, 0.29) is 18.2 Å². The Labute approximate surface area is 117 Å². The van der Waals surface area contributed by atoms with Gasteiger partial charge in [-0.2, -0.15) is 5.10 Å². The standard InChI is InChI=1S/C12H10N4O3S/c1-5(17)9-3-7-12(20-9)10(6(2)18)11(15-13-7)8-4-19-16-14-8/h3,8H,4H2,1-2H3. The van der Waals surface area contributed by atoms with Gasteiger partial charge in [0.05, 0.1) is 15.1 Å². The van der Waals surface area contributed by atoms with Gasteiger partial charge in [0, 0.05) is 5.28 Å². The molecule has 1 aliphatic rings. The minimum Gasteiger partial charge on any atom is -0.377 e. The highest BCUT2D eigenvalue weighted by Gasteiger charge is 2.27. The Morgan fingerprint density at radius 1 is 1.30 bits per heavy atom. The number of rotatable bonds is 3. The molecule has 0 fully saturated rings. The van der Waals surface area contributed by atoms with Crippen molar-refractivity contribution in [3.8, 4) is 0 Å². The molecule has 0 aliphatic carbocycles. The van der Waals surface area contributed by atoms with Crippen molar-refractivity contribution in [3.05, 3.63) is 22.2 Å². The van der Waals surface area contributed by atoms with Gasteiger partial charge in [-0.25, -0.2) is 0 Å². The molecule has 3 rings (SSSR count). The van der Waals surface area contributed by atoms with Crippen molar-refractivity contribution in [2.75, 3.05) is 6.61 Å². The first kappa shape index (κ1) is 12.8. The minimum atomic E-state index is -0.423. The molecule has 0 aromatic carbocycles. The lowest BCUT2D eigenvalue weighted by molar-refractivity contribution is 0.101. The molecule has 7 nitrogen and oxygen atoms in total. The Bertz CT molecular complexity index is 752. The van der Waals surface area contributed by atoms with Gasteiger partial charge in [0.15, 0.2) is 17.6 Å². The number of thiophene rings is 1. The molecule has 0 N–H and O–H groups in total. The Hall–Kier alpha value is -2.22. The Morgan fingerprint density at radius 3 is 2.70 bits per heavy atom. The molecule has 0 radical (unpaired) electrons. The van der Waals surface area contributed by atoms with E-state index in [0.29, 0.717) is 26.4 Å². The Balaban J connectivity index is 2.25. The zero-order valence-electron chi connectivity index (χ0n) is 10.8. The van der Waals surface area contributed by atoms with Crippen molar-refractivity contribution in [2.24, 2.45) is 10.4 Å². The molecule has 1 aliphatic heterocycles. The Kier molecular flexibility index (Phi) is 3.01. The molecule has 0 saturated carbocycles. The lowest BCUT2D eigenvalue weighted by atomic mass is 10.1. The molecule has 0 spiro atoms. The number of nitrogens with zero attached hydrogens (tertiary/aromatic N) is 4. The van der Waals surface area contributed by atoms with Crippen molar-refractivity contribution < 1.29 is 14.4 Å². The Morgan fingerprint density at radius 2 is 2.10 bits per heavy atom. The summed E-state index contributed by atoms with van der Waals surface area (Å²) < 4.78 is 0.662. The van der Waals surface area contributed by atoms with Crippen LogP contribution in [0.4, 0.5) is 0 Å². The molecule has 102 valence electrons. The van der Waals surface area contributed by atoms with Crippen molar-refractivity contribution in [2.45, 2.75) is 19.9 Å². The summed E-state index contributed by atoms with van der Waals surface area (Å²) >= 11 is 1.25. The quantitative estimate of drug-likeness (QED) is 0.809. The summed E-state index contributed by atoms with van der Waals surface area (Å²) in [4.78, 5) is 28.8. The van der Waals surface area contributed by atoms with Crippen LogP contribution in [-0.2, 0) is 4.84 Å². The second kappa shape index (κ2) is 4.71. The second-order valence-corrected chi connectivity index (χ2v) is 5.46. The molecule has 3 heterocycles. The number of carbonyl (C=O) groups is 2. The molecule has 1 unspecified atom stereocenters. The zero-order valence-corrected chi connectivity index (χ0v) is 11.6. The molecule has 20 heavy (non-hydrogen) atoms. The molecule has 2 aromatic heterocycles. The lowest BCUT2D eigenvalue weighted by Gasteiger charge is -2.07. The van der Waals surface area contributed by atoms with Gasteiger partial charge in [0.2, 0.25) is 0 Å². The molecule has 8 heteroatoms. The molecular weight excluding hydrogens is 280 g/mol. The summed E-state index contributed by atoms with van der Waals surface area (Å²) in [7, 11) is 0. The van der Waals surface area contributed by atoms with Crippen LogP contribution >= 0.6 is 11.3 Å². The molecule has 0 amide bonds.